The predicted octanol–water partition coefficient (Wildman–Crippen LogP) is 29.3. The molecule has 7 heterocycles. The molecule has 4 atom stereocenters. The zero-order valence-corrected chi connectivity index (χ0v) is 85.6. The fraction of sp³-hybridized carbons (Fsp3) is 0.917. The summed E-state index contributed by atoms with van der Waals surface area (Å²) >= 11 is 0. The van der Waals surface area contributed by atoms with Gasteiger partial charge in [0.1, 0.15) is 0 Å². The third-order valence-corrected chi connectivity index (χ3v) is 24.9. The number of rotatable bonds is 26. The Hall–Kier alpha value is -2.57. The third-order valence-electron chi connectivity index (χ3n) is 24.9. The van der Waals surface area contributed by atoms with E-state index in [0.29, 0.717) is 42.6 Å². The van der Waals surface area contributed by atoms with Crippen LogP contribution in [0.5, 0.6) is 0 Å². The Morgan fingerprint density at radius 1 is 0.325 bits per heavy atom. The van der Waals surface area contributed by atoms with E-state index in [1.165, 1.54) is 258 Å². The topological polar surface area (TPSA) is 101 Å². The van der Waals surface area contributed by atoms with Crippen molar-refractivity contribution in [1.29, 1.82) is 0 Å². The number of nitrogens with zero attached hydrogens (tertiary/aromatic N) is 5. The lowest BCUT2D eigenvalue weighted by Gasteiger charge is -2.32. The second kappa shape index (κ2) is 79.8. The quantitative estimate of drug-likeness (QED) is 0.0946. The SMILES string of the molecule is C.CC(C)CC(=O)N1CCCCC1.CC(C)CC1CCCC1.CC(C)CC1CCCNC1.CC(C)CC1CNCCO1.CCC.CCC(=O)N1CCC(CC(C)C)C1.CCC(=O)N1CCC(CC(C)C)CC1.CCC(C)C.CCC1CCC(CC(C)C)CC1.CCCN1CCC(CC(C)C)C1.CCCN1CCC(CC(C)C)CC1.c1ccccc1. The minimum absolute atomic E-state index is 0. The Morgan fingerprint density at radius 2 is 0.667 bits per heavy atom. The Bertz CT molecular complexity index is 2250. The van der Waals surface area contributed by atoms with Gasteiger partial charge in [-0.2, -0.15) is 0 Å². The van der Waals surface area contributed by atoms with Crippen LogP contribution in [0.3, 0.4) is 0 Å². The maximum Gasteiger partial charge on any atom is 0.222 e. The smallest absolute Gasteiger partial charge is 0.222 e. The van der Waals surface area contributed by atoms with Crippen LogP contribution in [0.15, 0.2) is 36.4 Å². The molecule has 0 bridgehead atoms. The summed E-state index contributed by atoms with van der Waals surface area (Å²) < 4.78 is 5.53. The van der Waals surface area contributed by atoms with Crippen molar-refractivity contribution in [2.45, 2.75) is 432 Å². The zero-order valence-electron chi connectivity index (χ0n) is 85.6. The zero-order chi connectivity index (χ0) is 89.7. The molecular weight excluding hydrogens is 1470 g/mol. The molecule has 11 nitrogen and oxygen atoms in total. The van der Waals surface area contributed by atoms with E-state index in [2.05, 4.69) is 200 Å². The molecule has 9 fully saturated rings. The molecule has 4 unspecified atom stereocenters. The second-order valence-electron chi connectivity index (χ2n) is 42.4. The van der Waals surface area contributed by atoms with Gasteiger partial charge in [-0.25, -0.2) is 0 Å². The van der Waals surface area contributed by atoms with Gasteiger partial charge in [0, 0.05) is 78.2 Å². The van der Waals surface area contributed by atoms with Gasteiger partial charge in [-0.1, -0.05) is 308 Å². The van der Waals surface area contributed by atoms with Crippen molar-refractivity contribution >= 4 is 17.7 Å². The van der Waals surface area contributed by atoms with Crippen molar-refractivity contribution in [3.05, 3.63) is 36.4 Å². The van der Waals surface area contributed by atoms with Gasteiger partial charge in [-0.3, -0.25) is 14.4 Å². The highest BCUT2D eigenvalue weighted by Crippen LogP contribution is 2.35. The van der Waals surface area contributed by atoms with E-state index in [9.17, 15) is 14.4 Å². The molecule has 120 heavy (non-hydrogen) atoms. The lowest BCUT2D eigenvalue weighted by molar-refractivity contribution is -0.133. The van der Waals surface area contributed by atoms with Gasteiger partial charge < -0.3 is 39.9 Å². The molecule has 7 saturated heterocycles. The summed E-state index contributed by atoms with van der Waals surface area (Å²) in [6, 6.07) is 12.0. The molecular formula is C109H219N7O4. The standard InChI is InChI=1S/C12H23NO.C12H25N.C12H24.C11H21NO.C11H23N.C10H19NO.C9H19N.C9H18.C8H17NO.C6H6.C5H12.C3H8.CH4/c1-4-12(14)13-7-5-11(6-8-13)9-10(2)3;1-4-7-13-8-5-12(6-9-13)10-11(2)3;1-4-11-5-7-12(8-6-11)9-10(2)3;1-4-11(13)12-6-5-10(8-12)7-9(2)3;1-4-6-12-7-5-11(9-12)8-10(2)3;1-9(2)8-10(12)11-6-4-3-5-7-11;1-8(2)6-9-4-3-5-10-7-9;1-8(2)7-9-5-3-4-6-9;1-7(2)5-8-6-9-3-4-10-8;1-2-4-6-5-3-1;1-4-5(2)3;1-3-2;/h10-11H,4-9H2,1-3H3;11-12H,4-10H2,1-3H3;10-12H,4-9H2,1-3H3;9-10H,4-8H2,1-3H3;10-11H,4-9H2,1-3H3;9H,3-8H2,1-2H3;8-10H,3-7H2,1-2H3;8-9H,3-7H2,1-2H3;7-9H,3-6H2,1-2H3;1-6H;5H,4H2,1-3H3;3H2,1-2H3;1H4. The molecule has 0 spiro atoms. The summed E-state index contributed by atoms with van der Waals surface area (Å²) in [5.41, 5.74) is 0. The summed E-state index contributed by atoms with van der Waals surface area (Å²) in [4.78, 5) is 45.6. The number of benzene rings is 1. The average molecular weight is 1690 g/mol. The molecule has 11 heteroatoms. The number of nitrogens with one attached hydrogen (secondary N) is 2. The van der Waals surface area contributed by atoms with Crippen LogP contribution in [-0.4, -0.2) is 160 Å². The number of carbonyl (C=O) groups excluding carboxylic acids is 3. The van der Waals surface area contributed by atoms with E-state index in [1.807, 2.05) is 64.9 Å². The van der Waals surface area contributed by atoms with Gasteiger partial charge in [0.25, 0.3) is 0 Å². The normalized spacial score (nSPS) is 21.6. The van der Waals surface area contributed by atoms with Crippen molar-refractivity contribution in [3.8, 4) is 0 Å². The van der Waals surface area contributed by atoms with E-state index in [-0.39, 0.29) is 7.43 Å². The highest BCUT2D eigenvalue weighted by Gasteiger charge is 2.28. The Morgan fingerprint density at radius 3 is 1.06 bits per heavy atom. The first-order valence-electron chi connectivity index (χ1n) is 52.0. The van der Waals surface area contributed by atoms with Crippen LogP contribution in [0, 0.1) is 107 Å². The van der Waals surface area contributed by atoms with E-state index < -0.39 is 0 Å². The highest BCUT2D eigenvalue weighted by molar-refractivity contribution is 5.77. The molecule has 0 radical (unpaired) electrons. The summed E-state index contributed by atoms with van der Waals surface area (Å²) in [6.45, 7) is 82.2. The number of likely N-dealkylation sites (tertiary alicyclic amines) is 5. The van der Waals surface area contributed by atoms with Gasteiger partial charge in [0.05, 0.1) is 12.7 Å². The fourth-order valence-corrected chi connectivity index (χ4v) is 18.7. The number of hydrogen-bond donors (Lipinski definition) is 2. The summed E-state index contributed by atoms with van der Waals surface area (Å²) in [5.74, 6) is 17.0. The van der Waals surface area contributed by atoms with Crippen LogP contribution in [-0.2, 0) is 19.1 Å². The molecule has 714 valence electrons. The molecule has 2 saturated carbocycles. The van der Waals surface area contributed by atoms with Gasteiger partial charge in [-0.05, 0) is 287 Å². The van der Waals surface area contributed by atoms with E-state index in [1.54, 1.807) is 0 Å². The molecule has 0 aromatic heterocycles. The molecule has 3 amide bonds. The van der Waals surface area contributed by atoms with Crippen LogP contribution < -0.4 is 10.6 Å². The van der Waals surface area contributed by atoms with Gasteiger partial charge >= 0.3 is 0 Å². The Labute approximate surface area is 754 Å². The van der Waals surface area contributed by atoms with Crippen LogP contribution in [0.25, 0.3) is 0 Å². The number of morpholine rings is 1. The molecule has 2 N–H and O–H groups in total. The maximum absolute atomic E-state index is 11.5. The Kier molecular flexibility index (Phi) is 80.8. The maximum atomic E-state index is 11.5. The molecule has 1 aromatic rings. The first kappa shape index (κ1) is 122. The minimum Gasteiger partial charge on any atom is -0.376 e. The minimum atomic E-state index is 0. The molecule has 2 aliphatic carbocycles. The number of ether oxygens (including phenoxy) is 1. The van der Waals surface area contributed by atoms with Crippen molar-refractivity contribution in [1.82, 2.24) is 35.1 Å². The molecule has 10 rings (SSSR count). The van der Waals surface area contributed by atoms with Crippen molar-refractivity contribution in [3.63, 3.8) is 0 Å². The summed E-state index contributed by atoms with van der Waals surface area (Å²) in [5, 5.41) is 6.76. The third kappa shape index (κ3) is 72.5. The predicted molar refractivity (Wildman–Crippen MR) is 535 cm³/mol. The number of carbonyl (C=O) groups is 3. The van der Waals surface area contributed by atoms with Gasteiger partial charge in [0.2, 0.25) is 17.7 Å². The molecule has 1 aromatic carbocycles. The van der Waals surface area contributed by atoms with E-state index in [0.717, 1.165) is 166 Å². The number of amides is 3. The van der Waals surface area contributed by atoms with Gasteiger partial charge in [0.15, 0.2) is 0 Å². The first-order valence-corrected chi connectivity index (χ1v) is 52.0. The number of piperidine rings is 4. The van der Waals surface area contributed by atoms with Crippen LogP contribution in [0.4, 0.5) is 0 Å². The first-order chi connectivity index (χ1) is 56.7. The number of hydrogen-bond acceptors (Lipinski definition) is 8. The molecule has 9 aliphatic rings. The summed E-state index contributed by atoms with van der Waals surface area (Å²) in [6.07, 6.45) is 46.7. The summed E-state index contributed by atoms with van der Waals surface area (Å²) in [7, 11) is 0. The van der Waals surface area contributed by atoms with Gasteiger partial charge in [-0.15, -0.1) is 0 Å². The average Bonchev–Trinajstić information content (AvgIpc) is 1.86. The van der Waals surface area contributed by atoms with E-state index >= 15 is 0 Å². The van der Waals surface area contributed by atoms with Crippen molar-refractivity contribution < 1.29 is 19.1 Å². The highest BCUT2D eigenvalue weighted by atomic mass is 16.5. The Balaban J connectivity index is -0.00000126. The van der Waals surface area contributed by atoms with Crippen LogP contribution >= 0.6 is 0 Å². The van der Waals surface area contributed by atoms with Crippen molar-refractivity contribution in [2.75, 3.05) is 111 Å². The van der Waals surface area contributed by atoms with E-state index in [4.69, 9.17) is 4.74 Å². The van der Waals surface area contributed by atoms with Crippen molar-refractivity contribution in [2.24, 2.45) is 107 Å². The lowest BCUT2D eigenvalue weighted by atomic mass is 9.78. The van der Waals surface area contributed by atoms with Crippen LogP contribution in [0.2, 0.25) is 0 Å². The monoisotopic (exact) mass is 1690 g/mol. The largest absolute Gasteiger partial charge is 0.376 e. The van der Waals surface area contributed by atoms with Crippen LogP contribution in [0.1, 0.15) is 426 Å². The second-order valence-corrected chi connectivity index (χ2v) is 42.4. The fourth-order valence-electron chi connectivity index (χ4n) is 18.7. The molecule has 7 aliphatic heterocycles. The lowest BCUT2D eigenvalue weighted by Crippen LogP contribution is -2.39.